The van der Waals surface area contributed by atoms with Crippen LogP contribution in [0.1, 0.15) is 25.1 Å². The molecule has 0 bridgehead atoms. The molecule has 1 N–H and O–H groups in total. The van der Waals surface area contributed by atoms with Crippen LogP contribution in [0.2, 0.25) is 5.02 Å². The number of carbonyl (C=O) groups excluding carboxylic acids is 1. The number of fused-ring (bicyclic) bond motifs is 1. The minimum absolute atomic E-state index is 0.143. The number of hydrogen-bond acceptors (Lipinski definition) is 5. The van der Waals surface area contributed by atoms with Crippen LogP contribution < -0.4 is 10.1 Å². The molecule has 0 spiro atoms. The van der Waals surface area contributed by atoms with Gasteiger partial charge in [-0.1, -0.05) is 29.8 Å². The zero-order chi connectivity index (χ0) is 21.5. The number of nitrogens with zero attached hydrogens (tertiary/aromatic N) is 2. The molecule has 0 atom stereocenters. The summed E-state index contributed by atoms with van der Waals surface area (Å²) in [6.07, 6.45) is 0. The average molecular weight is 446 g/mol. The number of ether oxygens (including phenoxy) is 1. The summed E-state index contributed by atoms with van der Waals surface area (Å²) < 4.78 is 31.6. The second-order valence-electron chi connectivity index (χ2n) is 7.57. The van der Waals surface area contributed by atoms with Crippen LogP contribution in [-0.2, 0) is 26.1 Å². The van der Waals surface area contributed by atoms with Gasteiger partial charge in [0, 0.05) is 10.6 Å². The number of nitrogens with one attached hydrogen (secondary N) is 1. The lowest BCUT2D eigenvalue weighted by molar-refractivity contribution is -0.128. The highest BCUT2D eigenvalue weighted by Gasteiger charge is 2.36. The predicted molar refractivity (Wildman–Crippen MR) is 115 cm³/mol. The largest absolute Gasteiger partial charge is 0.478 e. The van der Waals surface area contributed by atoms with Gasteiger partial charge in [0.1, 0.15) is 11.6 Å². The fourth-order valence-electron chi connectivity index (χ4n) is 3.23. The van der Waals surface area contributed by atoms with Crippen LogP contribution in [0.5, 0.6) is 5.75 Å². The van der Waals surface area contributed by atoms with E-state index in [0.29, 0.717) is 27.8 Å². The van der Waals surface area contributed by atoms with Gasteiger partial charge >= 0.3 is 0 Å². The van der Waals surface area contributed by atoms with Gasteiger partial charge in [0.15, 0.2) is 15.4 Å². The SMILES string of the molecule is CC(C)(Oc1ccc(Cl)cc1)C(=O)Nc1c2c(nn1-c1ccccc1)CS(=O)(=O)C2. The summed E-state index contributed by atoms with van der Waals surface area (Å²) in [5.74, 6) is 0.0967. The zero-order valence-electron chi connectivity index (χ0n) is 16.4. The van der Waals surface area contributed by atoms with E-state index in [0.717, 1.165) is 5.69 Å². The fraction of sp³-hybridized carbons (Fsp3) is 0.238. The van der Waals surface area contributed by atoms with E-state index in [1.165, 1.54) is 0 Å². The molecule has 9 heteroatoms. The molecule has 0 aliphatic carbocycles. The highest BCUT2D eigenvalue weighted by atomic mass is 35.5. The number of rotatable bonds is 5. The van der Waals surface area contributed by atoms with Gasteiger partial charge in [-0.25, -0.2) is 13.1 Å². The number of anilines is 1. The third-order valence-electron chi connectivity index (χ3n) is 4.75. The standard InChI is InChI=1S/C21H20ClN3O4S/c1-21(2,29-16-10-8-14(22)9-11-16)20(26)23-19-17-12-30(27,28)13-18(17)24-25(19)15-6-4-3-5-7-15/h3-11H,12-13H2,1-2H3,(H,23,26). The second kappa shape index (κ2) is 7.45. The molecule has 4 rings (SSSR count). The number of benzene rings is 2. The molecule has 2 heterocycles. The molecule has 1 aliphatic heterocycles. The van der Waals surface area contributed by atoms with E-state index in [4.69, 9.17) is 16.3 Å². The van der Waals surface area contributed by atoms with Gasteiger partial charge in [0.2, 0.25) is 0 Å². The normalized spacial score (nSPS) is 14.9. The Kier molecular flexibility index (Phi) is 5.07. The Labute approximate surface area is 179 Å². The maximum absolute atomic E-state index is 13.1. The van der Waals surface area contributed by atoms with E-state index in [9.17, 15) is 13.2 Å². The third kappa shape index (κ3) is 4.06. The second-order valence-corrected chi connectivity index (χ2v) is 10.1. The summed E-state index contributed by atoms with van der Waals surface area (Å²) in [6, 6.07) is 15.9. The van der Waals surface area contributed by atoms with E-state index in [2.05, 4.69) is 10.4 Å². The van der Waals surface area contributed by atoms with E-state index in [1.54, 1.807) is 42.8 Å². The quantitative estimate of drug-likeness (QED) is 0.645. The fourth-order valence-corrected chi connectivity index (χ4v) is 4.85. The first kappa shape index (κ1) is 20.4. The topological polar surface area (TPSA) is 90.3 Å². The predicted octanol–water partition coefficient (Wildman–Crippen LogP) is 3.75. The van der Waals surface area contributed by atoms with Gasteiger partial charge < -0.3 is 10.1 Å². The van der Waals surface area contributed by atoms with Crippen LogP contribution in [0.25, 0.3) is 5.69 Å². The summed E-state index contributed by atoms with van der Waals surface area (Å²) >= 11 is 5.90. The Bertz CT molecular complexity index is 1200. The molecule has 0 fully saturated rings. The smallest absolute Gasteiger partial charge is 0.269 e. The third-order valence-corrected chi connectivity index (χ3v) is 6.45. The molecule has 0 unspecified atom stereocenters. The van der Waals surface area contributed by atoms with Gasteiger partial charge in [-0.05, 0) is 50.2 Å². The Hall–Kier alpha value is -2.84. The van der Waals surface area contributed by atoms with Gasteiger partial charge in [0.25, 0.3) is 5.91 Å². The van der Waals surface area contributed by atoms with Gasteiger partial charge in [-0.15, -0.1) is 0 Å². The van der Waals surface area contributed by atoms with E-state index >= 15 is 0 Å². The minimum atomic E-state index is -3.28. The first-order valence-corrected chi connectivity index (χ1v) is 11.5. The highest BCUT2D eigenvalue weighted by molar-refractivity contribution is 7.90. The van der Waals surface area contributed by atoms with E-state index < -0.39 is 21.3 Å². The highest BCUT2D eigenvalue weighted by Crippen LogP contribution is 2.33. The van der Waals surface area contributed by atoms with E-state index in [1.807, 2.05) is 30.3 Å². The van der Waals surface area contributed by atoms with Gasteiger partial charge in [0.05, 0.1) is 22.9 Å². The Balaban J connectivity index is 1.66. The Morgan fingerprint density at radius 1 is 1.10 bits per heavy atom. The molecule has 2 aromatic carbocycles. The van der Waals surface area contributed by atoms with Gasteiger partial charge in [-0.3, -0.25) is 4.79 Å². The number of halogens is 1. The van der Waals surface area contributed by atoms with Crippen molar-refractivity contribution in [3.8, 4) is 11.4 Å². The minimum Gasteiger partial charge on any atom is -0.478 e. The number of aromatic nitrogens is 2. The van der Waals surface area contributed by atoms with Crippen molar-refractivity contribution in [1.29, 1.82) is 0 Å². The first-order valence-electron chi connectivity index (χ1n) is 9.27. The number of hydrogen-bond donors (Lipinski definition) is 1. The van der Waals surface area contributed by atoms with Crippen molar-refractivity contribution in [2.45, 2.75) is 31.0 Å². The van der Waals surface area contributed by atoms with Crippen molar-refractivity contribution in [3.63, 3.8) is 0 Å². The van der Waals surface area contributed by atoms with Crippen LogP contribution in [0.3, 0.4) is 0 Å². The molecular weight excluding hydrogens is 426 g/mol. The Morgan fingerprint density at radius 2 is 1.77 bits per heavy atom. The summed E-state index contributed by atoms with van der Waals surface area (Å²) in [5, 5.41) is 7.86. The van der Waals surface area contributed by atoms with Crippen molar-refractivity contribution in [3.05, 3.63) is 70.9 Å². The van der Waals surface area contributed by atoms with Crippen LogP contribution in [0.4, 0.5) is 5.82 Å². The molecule has 30 heavy (non-hydrogen) atoms. The molecule has 0 radical (unpaired) electrons. The lowest BCUT2D eigenvalue weighted by Crippen LogP contribution is -2.43. The monoisotopic (exact) mass is 445 g/mol. The molecule has 156 valence electrons. The van der Waals surface area contributed by atoms with Crippen LogP contribution in [0, 0.1) is 0 Å². The maximum atomic E-state index is 13.1. The molecular formula is C21H20ClN3O4S. The summed E-state index contributed by atoms with van der Waals surface area (Å²) in [6.45, 7) is 3.27. The zero-order valence-corrected chi connectivity index (χ0v) is 18.0. The lowest BCUT2D eigenvalue weighted by atomic mass is 10.1. The molecule has 7 nitrogen and oxygen atoms in total. The summed E-state index contributed by atoms with van der Waals surface area (Å²) in [4.78, 5) is 13.1. The summed E-state index contributed by atoms with van der Waals surface area (Å²) in [5.41, 5.74) is 0.445. The van der Waals surface area contributed by atoms with Crippen LogP contribution in [-0.4, -0.2) is 29.7 Å². The number of para-hydroxylation sites is 1. The average Bonchev–Trinajstić information content (AvgIpc) is 3.16. The molecule has 1 aliphatic rings. The van der Waals surface area contributed by atoms with Crippen molar-refractivity contribution in [1.82, 2.24) is 9.78 Å². The van der Waals surface area contributed by atoms with Crippen LogP contribution in [0.15, 0.2) is 54.6 Å². The van der Waals surface area contributed by atoms with Gasteiger partial charge in [-0.2, -0.15) is 5.10 Å². The number of amides is 1. The number of sulfone groups is 1. The summed E-state index contributed by atoms with van der Waals surface area (Å²) in [7, 11) is -3.28. The maximum Gasteiger partial charge on any atom is 0.269 e. The number of carbonyl (C=O) groups is 1. The Morgan fingerprint density at radius 3 is 2.43 bits per heavy atom. The van der Waals surface area contributed by atoms with Crippen molar-refractivity contribution < 1.29 is 17.9 Å². The van der Waals surface area contributed by atoms with E-state index in [-0.39, 0.29) is 11.5 Å². The van der Waals surface area contributed by atoms with Crippen molar-refractivity contribution >= 4 is 33.2 Å². The molecule has 3 aromatic rings. The van der Waals surface area contributed by atoms with Crippen molar-refractivity contribution in [2.75, 3.05) is 5.32 Å². The van der Waals surface area contributed by atoms with Crippen LogP contribution >= 0.6 is 11.6 Å². The van der Waals surface area contributed by atoms with Crippen molar-refractivity contribution in [2.24, 2.45) is 0 Å². The molecule has 1 aromatic heterocycles. The first-order chi connectivity index (χ1) is 14.1. The molecule has 0 saturated heterocycles. The lowest BCUT2D eigenvalue weighted by Gasteiger charge is -2.25. The molecule has 0 saturated carbocycles. The molecule has 1 amide bonds.